The molecule has 1 aliphatic rings. The predicted octanol–water partition coefficient (Wildman–Crippen LogP) is 2.19. The van der Waals surface area contributed by atoms with Gasteiger partial charge in [0.2, 0.25) is 5.91 Å². The van der Waals surface area contributed by atoms with Crippen molar-refractivity contribution in [2.24, 2.45) is 10.9 Å². The van der Waals surface area contributed by atoms with Gasteiger partial charge in [0.1, 0.15) is 0 Å². The summed E-state index contributed by atoms with van der Waals surface area (Å²) in [5, 5.41) is 2.65. The van der Waals surface area contributed by atoms with Gasteiger partial charge in [-0.3, -0.25) is 9.79 Å². The SMILES string of the molecule is CC/C=C/NC(=O)/C=C/C1C=NC=CC1. The first kappa shape index (κ1) is 11.4. The second-order valence-electron chi connectivity index (χ2n) is 3.26. The van der Waals surface area contributed by atoms with Crippen LogP contribution in [-0.4, -0.2) is 12.1 Å². The first-order valence-electron chi connectivity index (χ1n) is 5.15. The molecule has 80 valence electrons. The van der Waals surface area contributed by atoms with E-state index in [1.807, 2.05) is 31.4 Å². The third-order valence-corrected chi connectivity index (χ3v) is 1.95. The topological polar surface area (TPSA) is 41.5 Å². The standard InChI is InChI=1S/C12H16N2O/c1-2-3-9-14-12(15)7-6-11-5-4-8-13-10-11/h3-4,6-11H,2,5H2,1H3,(H,14,15)/b7-6+,9-3+. The minimum Gasteiger partial charge on any atom is -0.329 e. The molecular weight excluding hydrogens is 188 g/mol. The summed E-state index contributed by atoms with van der Waals surface area (Å²) in [6.45, 7) is 2.02. The lowest BCUT2D eigenvalue weighted by molar-refractivity contribution is -0.115. The van der Waals surface area contributed by atoms with E-state index in [2.05, 4.69) is 10.3 Å². The van der Waals surface area contributed by atoms with Gasteiger partial charge in [-0.25, -0.2) is 0 Å². The smallest absolute Gasteiger partial charge is 0.247 e. The quantitative estimate of drug-likeness (QED) is 0.701. The van der Waals surface area contributed by atoms with E-state index in [1.54, 1.807) is 18.5 Å². The summed E-state index contributed by atoms with van der Waals surface area (Å²) in [6.07, 6.45) is 14.4. The van der Waals surface area contributed by atoms with Crippen LogP contribution in [0.15, 0.2) is 41.7 Å². The van der Waals surface area contributed by atoms with E-state index >= 15 is 0 Å². The lowest BCUT2D eigenvalue weighted by Gasteiger charge is -2.05. The van der Waals surface area contributed by atoms with Gasteiger partial charge in [0.05, 0.1) is 0 Å². The summed E-state index contributed by atoms with van der Waals surface area (Å²) in [7, 11) is 0. The minimum atomic E-state index is -0.0948. The fourth-order valence-corrected chi connectivity index (χ4v) is 1.15. The van der Waals surface area contributed by atoms with Crippen molar-refractivity contribution in [3.8, 4) is 0 Å². The van der Waals surface area contributed by atoms with Crippen molar-refractivity contribution in [2.45, 2.75) is 19.8 Å². The molecule has 1 heterocycles. The molecule has 1 amide bonds. The van der Waals surface area contributed by atoms with E-state index in [0.717, 1.165) is 12.8 Å². The molecule has 3 nitrogen and oxygen atoms in total. The molecule has 0 saturated heterocycles. The second-order valence-corrected chi connectivity index (χ2v) is 3.26. The van der Waals surface area contributed by atoms with Crippen molar-refractivity contribution in [1.29, 1.82) is 0 Å². The fourth-order valence-electron chi connectivity index (χ4n) is 1.15. The molecule has 0 aromatic carbocycles. The number of aliphatic imine (C=N–C) groups is 1. The number of nitrogens with one attached hydrogen (secondary N) is 1. The lowest BCUT2D eigenvalue weighted by Crippen LogP contribution is -2.14. The van der Waals surface area contributed by atoms with Gasteiger partial charge < -0.3 is 5.32 Å². The highest BCUT2D eigenvalue weighted by Crippen LogP contribution is 2.07. The molecule has 0 spiro atoms. The monoisotopic (exact) mass is 204 g/mol. The first-order chi connectivity index (χ1) is 7.33. The number of carbonyl (C=O) groups is 1. The molecule has 0 radical (unpaired) electrons. The maximum absolute atomic E-state index is 11.2. The minimum absolute atomic E-state index is 0.0948. The van der Waals surface area contributed by atoms with E-state index in [4.69, 9.17) is 0 Å². The highest BCUT2D eigenvalue weighted by Gasteiger charge is 2.01. The summed E-state index contributed by atoms with van der Waals surface area (Å²) < 4.78 is 0. The van der Waals surface area contributed by atoms with Crippen LogP contribution in [0, 0.1) is 5.92 Å². The zero-order valence-electron chi connectivity index (χ0n) is 8.89. The molecule has 1 unspecified atom stereocenters. The van der Waals surface area contributed by atoms with Crippen molar-refractivity contribution >= 4 is 12.1 Å². The van der Waals surface area contributed by atoms with Crippen LogP contribution in [0.5, 0.6) is 0 Å². The number of allylic oxidation sites excluding steroid dienone is 3. The predicted molar refractivity (Wildman–Crippen MR) is 62.5 cm³/mol. The number of hydrogen-bond donors (Lipinski definition) is 1. The first-order valence-corrected chi connectivity index (χ1v) is 5.15. The van der Waals surface area contributed by atoms with Gasteiger partial charge in [-0.2, -0.15) is 0 Å². The van der Waals surface area contributed by atoms with Crippen LogP contribution in [0.3, 0.4) is 0 Å². The maximum atomic E-state index is 11.2. The van der Waals surface area contributed by atoms with E-state index in [9.17, 15) is 4.79 Å². The number of carbonyl (C=O) groups excluding carboxylic acids is 1. The van der Waals surface area contributed by atoms with Crippen molar-refractivity contribution in [3.05, 3.63) is 36.7 Å². The van der Waals surface area contributed by atoms with Crippen LogP contribution in [0.4, 0.5) is 0 Å². The molecule has 1 N–H and O–H groups in total. The zero-order chi connectivity index (χ0) is 10.9. The summed E-state index contributed by atoms with van der Waals surface area (Å²) >= 11 is 0. The van der Waals surface area contributed by atoms with E-state index in [-0.39, 0.29) is 11.8 Å². The molecule has 0 fully saturated rings. The van der Waals surface area contributed by atoms with Crippen molar-refractivity contribution in [2.75, 3.05) is 0 Å². The summed E-state index contributed by atoms with van der Waals surface area (Å²) in [5.41, 5.74) is 0. The molecule has 1 aliphatic heterocycles. The average molecular weight is 204 g/mol. The Morgan fingerprint density at radius 2 is 2.53 bits per heavy atom. The van der Waals surface area contributed by atoms with Gasteiger partial charge in [-0.15, -0.1) is 0 Å². The summed E-state index contributed by atoms with van der Waals surface area (Å²) in [5.74, 6) is 0.151. The number of nitrogens with zero attached hydrogens (tertiary/aromatic N) is 1. The zero-order valence-corrected chi connectivity index (χ0v) is 8.89. The fraction of sp³-hybridized carbons (Fsp3) is 0.333. The Morgan fingerprint density at radius 1 is 1.67 bits per heavy atom. The molecule has 0 aromatic rings. The van der Waals surface area contributed by atoms with Gasteiger partial charge in [0.15, 0.2) is 0 Å². The Labute approximate surface area is 90.3 Å². The molecule has 3 heteroatoms. The molecule has 1 rings (SSSR count). The van der Waals surface area contributed by atoms with Crippen molar-refractivity contribution in [1.82, 2.24) is 5.32 Å². The van der Waals surface area contributed by atoms with Crippen molar-refractivity contribution < 1.29 is 4.79 Å². The highest BCUT2D eigenvalue weighted by molar-refractivity contribution is 5.88. The molecule has 1 atom stereocenters. The van der Waals surface area contributed by atoms with Gasteiger partial charge in [0, 0.05) is 24.5 Å². The van der Waals surface area contributed by atoms with Crippen LogP contribution in [0.1, 0.15) is 19.8 Å². The third-order valence-electron chi connectivity index (χ3n) is 1.95. The Bertz CT molecular complexity index is 314. The molecule has 15 heavy (non-hydrogen) atoms. The van der Waals surface area contributed by atoms with Crippen molar-refractivity contribution in [3.63, 3.8) is 0 Å². The van der Waals surface area contributed by atoms with Crippen LogP contribution < -0.4 is 5.32 Å². The number of hydrogen-bond acceptors (Lipinski definition) is 2. The van der Waals surface area contributed by atoms with Crippen LogP contribution in [0.25, 0.3) is 0 Å². The normalized spacial score (nSPS) is 20.2. The largest absolute Gasteiger partial charge is 0.329 e. The Morgan fingerprint density at radius 3 is 3.20 bits per heavy atom. The molecular formula is C12H16N2O. The second kappa shape index (κ2) is 6.76. The Balaban J connectivity index is 2.30. The summed E-state index contributed by atoms with van der Waals surface area (Å²) in [4.78, 5) is 15.3. The van der Waals surface area contributed by atoms with Gasteiger partial charge >= 0.3 is 0 Å². The highest BCUT2D eigenvalue weighted by atomic mass is 16.1. The molecule has 0 bridgehead atoms. The Hall–Kier alpha value is -1.64. The van der Waals surface area contributed by atoms with Crippen LogP contribution >= 0.6 is 0 Å². The van der Waals surface area contributed by atoms with E-state index in [1.165, 1.54) is 0 Å². The van der Waals surface area contributed by atoms with Gasteiger partial charge in [-0.1, -0.05) is 25.2 Å². The van der Waals surface area contributed by atoms with E-state index < -0.39 is 0 Å². The summed E-state index contributed by atoms with van der Waals surface area (Å²) in [6, 6.07) is 0. The van der Waals surface area contributed by atoms with Crippen LogP contribution in [0.2, 0.25) is 0 Å². The van der Waals surface area contributed by atoms with Crippen LogP contribution in [-0.2, 0) is 4.79 Å². The maximum Gasteiger partial charge on any atom is 0.247 e. The van der Waals surface area contributed by atoms with Gasteiger partial charge in [-0.05, 0) is 18.9 Å². The molecule has 0 saturated carbocycles. The number of amides is 1. The van der Waals surface area contributed by atoms with E-state index in [0.29, 0.717) is 0 Å². The third kappa shape index (κ3) is 4.96. The Kier molecular flexibility index (Phi) is 5.15. The molecule has 0 aliphatic carbocycles. The molecule has 0 aromatic heterocycles. The number of rotatable bonds is 4. The lowest BCUT2D eigenvalue weighted by atomic mass is 10.1. The average Bonchev–Trinajstić information content (AvgIpc) is 2.28. The van der Waals surface area contributed by atoms with Gasteiger partial charge in [0.25, 0.3) is 0 Å².